The molecule has 2 aromatic rings. The van der Waals surface area contributed by atoms with Crippen molar-refractivity contribution in [1.29, 1.82) is 0 Å². The van der Waals surface area contributed by atoms with Crippen molar-refractivity contribution in [3.05, 3.63) is 52.5 Å². The lowest BCUT2D eigenvalue weighted by Gasteiger charge is -2.18. The molecule has 1 aromatic heterocycles. The van der Waals surface area contributed by atoms with Crippen molar-refractivity contribution in [2.24, 2.45) is 0 Å². The number of carbonyl (C=O) groups is 1. The molecule has 1 aromatic carbocycles. The van der Waals surface area contributed by atoms with Gasteiger partial charge in [0.25, 0.3) is 0 Å². The number of aromatic hydroxyl groups is 1. The summed E-state index contributed by atoms with van der Waals surface area (Å²) in [5.41, 5.74) is -0.107. The first kappa shape index (κ1) is 21.4. The molecule has 1 aliphatic rings. The number of urea groups is 1. The van der Waals surface area contributed by atoms with E-state index in [0.29, 0.717) is 11.5 Å². The molecule has 2 unspecified atom stereocenters. The normalized spacial score (nSPS) is 17.5. The first-order chi connectivity index (χ1) is 13.7. The van der Waals surface area contributed by atoms with Crippen LogP contribution in [0.2, 0.25) is 5.02 Å². The Kier molecular flexibility index (Phi) is 6.30. The van der Waals surface area contributed by atoms with E-state index in [1.807, 2.05) is 6.08 Å². The highest BCUT2D eigenvalue weighted by atomic mass is 35.5. The number of hydrogen-bond acceptors (Lipinski definition) is 6. The molecule has 1 heterocycles. The average Bonchev–Trinajstić information content (AvgIpc) is 3.08. The maximum absolute atomic E-state index is 13.1. The topological polar surface area (TPSA) is 121 Å². The van der Waals surface area contributed by atoms with Crippen LogP contribution in [0.1, 0.15) is 30.8 Å². The first-order valence-electron chi connectivity index (χ1n) is 8.67. The number of phenolic OH excluding ortho intramolecular Hbond substituents is 1. The number of aromatic nitrogens is 2. The zero-order valence-electron chi connectivity index (χ0n) is 15.3. The fraction of sp³-hybridized carbons (Fsp3) is 0.278. The predicted molar refractivity (Wildman–Crippen MR) is 110 cm³/mol. The van der Waals surface area contributed by atoms with E-state index in [1.165, 1.54) is 31.5 Å². The summed E-state index contributed by atoms with van der Waals surface area (Å²) in [4.78, 5) is 19.6. The van der Waals surface area contributed by atoms with Crippen LogP contribution < -0.4 is 10.6 Å². The van der Waals surface area contributed by atoms with Gasteiger partial charge in [-0.2, -0.15) is 0 Å². The summed E-state index contributed by atoms with van der Waals surface area (Å²) >= 11 is 12.1. The van der Waals surface area contributed by atoms with Crippen LogP contribution in [0.3, 0.4) is 0 Å². The molecule has 2 amide bonds. The van der Waals surface area contributed by atoms with Crippen LogP contribution in [-0.4, -0.2) is 35.6 Å². The summed E-state index contributed by atoms with van der Waals surface area (Å²) in [6.45, 7) is 1.39. The Labute approximate surface area is 177 Å². The van der Waals surface area contributed by atoms with Gasteiger partial charge in [-0.3, -0.25) is 0 Å². The van der Waals surface area contributed by atoms with Crippen molar-refractivity contribution in [2.45, 2.75) is 36.0 Å². The molecule has 0 radical (unpaired) electrons. The van der Waals surface area contributed by atoms with Gasteiger partial charge < -0.3 is 15.7 Å². The number of sulfone groups is 1. The van der Waals surface area contributed by atoms with Crippen molar-refractivity contribution in [3.8, 4) is 5.75 Å². The molecule has 3 N–H and O–H groups in total. The number of benzene rings is 1. The molecule has 0 fully saturated rings. The second kappa shape index (κ2) is 8.56. The van der Waals surface area contributed by atoms with E-state index in [4.69, 9.17) is 23.2 Å². The molecule has 0 aliphatic heterocycles. The minimum atomic E-state index is -4.15. The van der Waals surface area contributed by atoms with Gasteiger partial charge in [0.1, 0.15) is 16.0 Å². The van der Waals surface area contributed by atoms with Crippen LogP contribution >= 0.6 is 23.2 Å². The number of nitrogens with zero attached hydrogens (tertiary/aromatic N) is 2. The Balaban J connectivity index is 1.89. The third-order valence-corrected chi connectivity index (χ3v) is 7.43. The smallest absolute Gasteiger partial charge is 0.319 e. The second-order valence-electron chi connectivity index (χ2n) is 6.38. The van der Waals surface area contributed by atoms with Gasteiger partial charge in [0.05, 0.1) is 16.8 Å². The standard InChI is InChI=1S/C18H18Cl2N4O4S/c1-10(17-21-8-3-9-22-17)29(27,28)16-12(20)6-7-14(15(16)25)24-18(26)23-13-5-2-4-11(13)19/h3-4,6-10,13,25H,2,5H2,1H3,(H2,23,24,26). The molecule has 154 valence electrons. The van der Waals surface area contributed by atoms with Crippen LogP contribution in [0, 0.1) is 0 Å². The van der Waals surface area contributed by atoms with Crippen LogP contribution in [0.25, 0.3) is 0 Å². The zero-order valence-corrected chi connectivity index (χ0v) is 17.6. The molecular formula is C18H18Cl2N4O4S. The molecule has 0 saturated heterocycles. The quantitative estimate of drug-likeness (QED) is 0.588. The second-order valence-corrected chi connectivity index (χ2v) is 9.43. The van der Waals surface area contributed by atoms with Crippen LogP contribution in [0.15, 0.2) is 46.6 Å². The lowest BCUT2D eigenvalue weighted by molar-refractivity contribution is 0.250. The Hall–Kier alpha value is -2.36. The van der Waals surface area contributed by atoms with E-state index in [2.05, 4.69) is 20.6 Å². The molecular weight excluding hydrogens is 439 g/mol. The number of anilines is 1. The van der Waals surface area contributed by atoms with Crippen LogP contribution in [0.4, 0.5) is 10.5 Å². The highest BCUT2D eigenvalue weighted by molar-refractivity contribution is 7.91. The third-order valence-electron chi connectivity index (χ3n) is 4.46. The average molecular weight is 457 g/mol. The lowest BCUT2D eigenvalue weighted by Crippen LogP contribution is -2.37. The van der Waals surface area contributed by atoms with Gasteiger partial charge >= 0.3 is 6.03 Å². The number of halogens is 2. The highest BCUT2D eigenvalue weighted by Gasteiger charge is 2.33. The summed E-state index contributed by atoms with van der Waals surface area (Å²) in [5.74, 6) is -0.606. The van der Waals surface area contributed by atoms with Gasteiger partial charge in [0.2, 0.25) is 0 Å². The summed E-state index contributed by atoms with van der Waals surface area (Å²) in [6, 6.07) is 3.19. The van der Waals surface area contributed by atoms with Crippen LogP contribution in [-0.2, 0) is 9.84 Å². The Morgan fingerprint density at radius 3 is 2.59 bits per heavy atom. The third kappa shape index (κ3) is 4.47. The van der Waals surface area contributed by atoms with Crippen LogP contribution in [0.5, 0.6) is 5.75 Å². The minimum absolute atomic E-state index is 0.0572. The minimum Gasteiger partial charge on any atom is -0.504 e. The van der Waals surface area contributed by atoms with Gasteiger partial charge in [-0.25, -0.2) is 23.2 Å². The number of rotatable bonds is 5. The number of allylic oxidation sites excluding steroid dienone is 1. The van der Waals surface area contributed by atoms with E-state index >= 15 is 0 Å². The molecule has 11 heteroatoms. The van der Waals surface area contributed by atoms with E-state index in [0.717, 1.165) is 6.42 Å². The molecule has 0 bridgehead atoms. The van der Waals surface area contributed by atoms with Crippen molar-refractivity contribution in [2.75, 3.05) is 5.32 Å². The van der Waals surface area contributed by atoms with Crippen molar-refractivity contribution in [3.63, 3.8) is 0 Å². The van der Waals surface area contributed by atoms with E-state index in [9.17, 15) is 18.3 Å². The maximum Gasteiger partial charge on any atom is 0.319 e. The molecule has 29 heavy (non-hydrogen) atoms. The molecule has 1 aliphatic carbocycles. The number of phenols is 1. The zero-order chi connectivity index (χ0) is 21.2. The molecule has 0 saturated carbocycles. The SMILES string of the molecule is CC(c1ncccn1)S(=O)(=O)c1c(Cl)ccc(NC(=O)NC2CCC=C2Cl)c1O. The van der Waals surface area contributed by atoms with Gasteiger partial charge in [-0.15, -0.1) is 0 Å². The van der Waals surface area contributed by atoms with Crippen molar-refractivity contribution < 1.29 is 18.3 Å². The van der Waals surface area contributed by atoms with E-state index in [1.54, 1.807) is 6.07 Å². The fourth-order valence-corrected chi connectivity index (χ4v) is 5.10. The molecule has 3 rings (SSSR count). The van der Waals surface area contributed by atoms with Gasteiger partial charge in [0.15, 0.2) is 15.6 Å². The summed E-state index contributed by atoms with van der Waals surface area (Å²) < 4.78 is 26.1. The monoisotopic (exact) mass is 456 g/mol. The number of nitrogens with one attached hydrogen (secondary N) is 2. The fourth-order valence-electron chi connectivity index (χ4n) is 2.88. The van der Waals surface area contributed by atoms with Crippen molar-refractivity contribution >= 4 is 44.8 Å². The molecule has 2 atom stereocenters. The van der Waals surface area contributed by atoms with Gasteiger partial charge in [-0.1, -0.05) is 29.3 Å². The summed E-state index contributed by atoms with van der Waals surface area (Å²) in [7, 11) is -4.15. The first-order valence-corrected chi connectivity index (χ1v) is 11.0. The summed E-state index contributed by atoms with van der Waals surface area (Å²) in [6.07, 6.45) is 6.05. The van der Waals surface area contributed by atoms with Gasteiger partial charge in [-0.05, 0) is 38.0 Å². The predicted octanol–water partition coefficient (Wildman–Crippen LogP) is 3.78. The van der Waals surface area contributed by atoms with Gasteiger partial charge in [0, 0.05) is 17.4 Å². The Bertz CT molecular complexity index is 1060. The van der Waals surface area contributed by atoms with E-state index in [-0.39, 0.29) is 22.6 Å². The van der Waals surface area contributed by atoms with Crippen molar-refractivity contribution in [1.82, 2.24) is 15.3 Å². The largest absolute Gasteiger partial charge is 0.504 e. The Morgan fingerprint density at radius 2 is 1.97 bits per heavy atom. The summed E-state index contributed by atoms with van der Waals surface area (Å²) in [5, 5.41) is 14.9. The molecule has 8 nitrogen and oxygen atoms in total. The molecule has 0 spiro atoms. The Morgan fingerprint density at radius 1 is 1.28 bits per heavy atom. The number of carbonyl (C=O) groups excluding carboxylic acids is 1. The maximum atomic E-state index is 13.1. The highest BCUT2D eigenvalue weighted by Crippen LogP contribution is 2.41. The lowest BCUT2D eigenvalue weighted by atomic mass is 10.2. The van der Waals surface area contributed by atoms with E-state index < -0.39 is 31.8 Å². The number of hydrogen-bond donors (Lipinski definition) is 3. The number of amides is 2.